The average molecular weight is 363 g/mol. The van der Waals surface area contributed by atoms with Gasteiger partial charge in [0.25, 0.3) is 0 Å². The van der Waals surface area contributed by atoms with E-state index < -0.39 is 5.60 Å². The summed E-state index contributed by atoms with van der Waals surface area (Å²) in [6.07, 6.45) is 2.79. The molecule has 0 unspecified atom stereocenters. The van der Waals surface area contributed by atoms with Crippen LogP contribution in [-0.2, 0) is 0 Å². The van der Waals surface area contributed by atoms with Gasteiger partial charge in [-0.3, -0.25) is 9.69 Å². The van der Waals surface area contributed by atoms with E-state index in [1.54, 1.807) is 12.1 Å². The molecule has 4 rings (SSSR count). The summed E-state index contributed by atoms with van der Waals surface area (Å²) in [6, 6.07) is 11.9. The first-order valence-corrected chi connectivity index (χ1v) is 9.52. The maximum absolute atomic E-state index is 13.1. The molecule has 1 N–H and O–H groups in total. The van der Waals surface area contributed by atoms with Gasteiger partial charge in [0.1, 0.15) is 0 Å². The van der Waals surface area contributed by atoms with Crippen molar-refractivity contribution >= 4 is 5.78 Å². The van der Waals surface area contributed by atoms with Gasteiger partial charge >= 0.3 is 0 Å². The lowest BCUT2D eigenvalue weighted by Gasteiger charge is -2.28. The van der Waals surface area contributed by atoms with E-state index in [1.165, 1.54) is 0 Å². The molecule has 1 aromatic heterocycles. The number of carbonyl (C=O) groups excluding carboxylic acids is 1. The van der Waals surface area contributed by atoms with Crippen molar-refractivity contribution in [3.05, 3.63) is 52.8 Å². The lowest BCUT2D eigenvalue weighted by molar-refractivity contribution is 0.0199. The highest BCUT2D eigenvalue weighted by Crippen LogP contribution is 2.44. The summed E-state index contributed by atoms with van der Waals surface area (Å²) in [5.74, 6) is 0.109. The number of rotatable bonds is 4. The Morgan fingerprint density at radius 2 is 2.00 bits per heavy atom. The third-order valence-corrected chi connectivity index (χ3v) is 6.32. The van der Waals surface area contributed by atoms with Crippen LogP contribution in [0.25, 0.3) is 5.69 Å². The molecule has 0 aliphatic carbocycles. The third kappa shape index (κ3) is 2.90. The smallest absolute Gasteiger partial charge is 0.178 e. The van der Waals surface area contributed by atoms with Crippen LogP contribution in [0.1, 0.15) is 53.5 Å². The number of aryl methyl sites for hydroxylation is 1. The number of ketones is 1. The van der Waals surface area contributed by atoms with Crippen molar-refractivity contribution in [3.63, 3.8) is 0 Å². The minimum atomic E-state index is -0.678. The number of hydrogen-bond donors (Lipinski definition) is 1. The van der Waals surface area contributed by atoms with Crippen LogP contribution in [0.3, 0.4) is 0 Å². The minimum absolute atomic E-state index is 0.0912. The van der Waals surface area contributed by atoms with Crippen LogP contribution in [-0.4, -0.2) is 44.6 Å². The molecule has 27 heavy (non-hydrogen) atoms. The summed E-state index contributed by atoms with van der Waals surface area (Å²) in [5.41, 5.74) is 3.55. The van der Waals surface area contributed by atoms with Crippen molar-refractivity contribution in [1.82, 2.24) is 9.47 Å². The van der Waals surface area contributed by atoms with E-state index in [0.29, 0.717) is 18.2 Å². The predicted octanol–water partition coefficient (Wildman–Crippen LogP) is 3.14. The largest absolute Gasteiger partial charge is 0.388 e. The summed E-state index contributed by atoms with van der Waals surface area (Å²) in [4.78, 5) is 15.3. The van der Waals surface area contributed by atoms with Crippen molar-refractivity contribution in [3.8, 4) is 11.8 Å². The van der Waals surface area contributed by atoms with Gasteiger partial charge in [0.15, 0.2) is 5.78 Å². The maximum atomic E-state index is 13.1. The molecule has 0 amide bonds. The van der Waals surface area contributed by atoms with E-state index in [-0.39, 0.29) is 11.8 Å². The topological polar surface area (TPSA) is 69.3 Å². The standard InChI is InChI=1S/C22H25N3O2/c1-14-10-19(15(2)25(14)17-6-4-16(12-23)5-7-17)20(26)13-24-18-8-9-21(24)22(3,27)11-18/h4-7,10,18,21,27H,8-9,11,13H2,1-3H3/t18-,21+,22+/m0/s1. The average Bonchev–Trinajstić information content (AvgIpc) is 3.23. The number of aromatic nitrogens is 1. The SMILES string of the molecule is Cc1cc(C(=O)CN2[C@H]3CC[C@@H]2[C@](C)(O)C3)c(C)n1-c1ccc(C#N)cc1. The maximum Gasteiger partial charge on any atom is 0.178 e. The molecule has 3 atom stereocenters. The molecular formula is C22H25N3O2. The molecule has 0 spiro atoms. The molecule has 2 aliphatic rings. The molecule has 3 heterocycles. The van der Waals surface area contributed by atoms with Gasteiger partial charge in [-0.15, -0.1) is 0 Å². The summed E-state index contributed by atoms with van der Waals surface area (Å²) in [6.45, 7) is 6.22. The Bertz CT molecular complexity index is 934. The zero-order valence-electron chi connectivity index (χ0n) is 16.1. The van der Waals surface area contributed by atoms with Crippen molar-refractivity contribution in [2.24, 2.45) is 0 Å². The van der Waals surface area contributed by atoms with E-state index >= 15 is 0 Å². The van der Waals surface area contributed by atoms with Crippen LogP contribution >= 0.6 is 0 Å². The summed E-state index contributed by atoms with van der Waals surface area (Å²) in [7, 11) is 0. The molecule has 2 fully saturated rings. The lowest BCUT2D eigenvalue weighted by Crippen LogP contribution is -2.42. The monoisotopic (exact) mass is 363 g/mol. The molecule has 2 bridgehead atoms. The van der Waals surface area contributed by atoms with Gasteiger partial charge in [-0.2, -0.15) is 5.26 Å². The van der Waals surface area contributed by atoms with E-state index in [9.17, 15) is 9.90 Å². The van der Waals surface area contributed by atoms with Crippen molar-refractivity contribution < 1.29 is 9.90 Å². The Balaban J connectivity index is 1.60. The molecule has 2 aliphatic heterocycles. The fourth-order valence-corrected chi connectivity index (χ4v) is 5.05. The second-order valence-corrected chi connectivity index (χ2v) is 8.18. The first kappa shape index (κ1) is 18.0. The molecule has 5 heteroatoms. The van der Waals surface area contributed by atoms with E-state index in [2.05, 4.69) is 15.5 Å². The molecular weight excluding hydrogens is 338 g/mol. The number of Topliss-reactive ketones (excluding diaryl/α,β-unsaturated/α-hetero) is 1. The van der Waals surface area contributed by atoms with Crippen LogP contribution < -0.4 is 0 Å². The van der Waals surface area contributed by atoms with Crippen LogP contribution in [0, 0.1) is 25.2 Å². The van der Waals surface area contributed by atoms with Crippen LogP contribution in [0.5, 0.6) is 0 Å². The number of fused-ring (bicyclic) bond motifs is 2. The number of carbonyl (C=O) groups is 1. The van der Waals surface area contributed by atoms with Crippen LogP contribution in [0.15, 0.2) is 30.3 Å². The molecule has 2 aromatic rings. The highest BCUT2D eigenvalue weighted by atomic mass is 16.3. The minimum Gasteiger partial charge on any atom is -0.388 e. The second-order valence-electron chi connectivity index (χ2n) is 8.18. The van der Waals surface area contributed by atoms with Gasteiger partial charge in [0.2, 0.25) is 0 Å². The van der Waals surface area contributed by atoms with Crippen molar-refractivity contribution in [2.75, 3.05) is 6.54 Å². The van der Waals surface area contributed by atoms with E-state index in [0.717, 1.165) is 41.9 Å². The van der Waals surface area contributed by atoms with Crippen molar-refractivity contribution in [1.29, 1.82) is 5.26 Å². The van der Waals surface area contributed by atoms with Gasteiger partial charge in [0.05, 0.1) is 23.8 Å². The van der Waals surface area contributed by atoms with Gasteiger partial charge in [0, 0.05) is 34.7 Å². The fraction of sp³-hybridized carbons (Fsp3) is 0.455. The Morgan fingerprint density at radius 1 is 1.30 bits per heavy atom. The Kier molecular flexibility index (Phi) is 4.21. The van der Waals surface area contributed by atoms with E-state index in [4.69, 9.17) is 5.26 Å². The molecule has 0 radical (unpaired) electrons. The normalized spacial score (nSPS) is 27.1. The quantitative estimate of drug-likeness (QED) is 0.848. The lowest BCUT2D eigenvalue weighted by atomic mass is 9.87. The summed E-state index contributed by atoms with van der Waals surface area (Å²) < 4.78 is 2.06. The molecule has 1 aromatic carbocycles. The first-order chi connectivity index (χ1) is 12.8. The van der Waals surface area contributed by atoms with Crippen LogP contribution in [0.2, 0.25) is 0 Å². The molecule has 2 saturated heterocycles. The summed E-state index contributed by atoms with van der Waals surface area (Å²) >= 11 is 0. The second kappa shape index (κ2) is 6.33. The fourth-order valence-electron chi connectivity index (χ4n) is 5.05. The third-order valence-electron chi connectivity index (χ3n) is 6.32. The number of nitrogens with zero attached hydrogens (tertiary/aromatic N) is 3. The van der Waals surface area contributed by atoms with Gasteiger partial charge in [-0.1, -0.05) is 0 Å². The van der Waals surface area contributed by atoms with Gasteiger partial charge < -0.3 is 9.67 Å². The first-order valence-electron chi connectivity index (χ1n) is 9.52. The highest BCUT2D eigenvalue weighted by molar-refractivity contribution is 5.99. The van der Waals surface area contributed by atoms with E-state index in [1.807, 2.05) is 39.0 Å². The number of nitriles is 1. The summed E-state index contributed by atoms with van der Waals surface area (Å²) in [5, 5.41) is 19.5. The Morgan fingerprint density at radius 3 is 2.56 bits per heavy atom. The number of benzene rings is 1. The zero-order chi connectivity index (χ0) is 19.3. The van der Waals surface area contributed by atoms with Crippen LogP contribution in [0.4, 0.5) is 0 Å². The predicted molar refractivity (Wildman–Crippen MR) is 103 cm³/mol. The molecule has 140 valence electrons. The molecule has 5 nitrogen and oxygen atoms in total. The Hall–Kier alpha value is -2.42. The zero-order valence-corrected chi connectivity index (χ0v) is 16.1. The number of aliphatic hydroxyl groups is 1. The number of hydrogen-bond acceptors (Lipinski definition) is 4. The van der Waals surface area contributed by atoms with Gasteiger partial charge in [-0.05, 0) is 70.4 Å². The van der Waals surface area contributed by atoms with Gasteiger partial charge in [-0.25, -0.2) is 0 Å². The highest BCUT2D eigenvalue weighted by Gasteiger charge is 2.52. The van der Waals surface area contributed by atoms with Crippen molar-refractivity contribution in [2.45, 2.75) is 57.7 Å². The Labute approximate surface area is 159 Å². The molecule has 0 saturated carbocycles.